The van der Waals surface area contributed by atoms with Crippen LogP contribution in [0.4, 0.5) is 0 Å². The summed E-state index contributed by atoms with van der Waals surface area (Å²) < 4.78 is 45.9. The number of carbonyl (C=O) groups excluding carboxylic acids is 2. The molecule has 2 aromatic heterocycles. The van der Waals surface area contributed by atoms with Crippen LogP contribution in [0.3, 0.4) is 0 Å². The van der Waals surface area contributed by atoms with E-state index in [9.17, 15) is 9.59 Å². The van der Waals surface area contributed by atoms with Crippen LogP contribution in [0.5, 0.6) is 23.3 Å². The third-order valence-electron chi connectivity index (χ3n) is 8.80. The Bertz CT molecular complexity index is 1550. The molecule has 12 nitrogen and oxygen atoms in total. The fourth-order valence-corrected chi connectivity index (χ4v) is 5.76. The molecule has 0 aliphatic carbocycles. The number of unbranched alkanes of at least 4 members (excludes halogenated alkanes) is 2. The van der Waals surface area contributed by atoms with Crippen LogP contribution in [0.1, 0.15) is 76.3 Å². The number of aromatic nitrogens is 2. The summed E-state index contributed by atoms with van der Waals surface area (Å²) in [7, 11) is 0. The van der Waals surface area contributed by atoms with Gasteiger partial charge < -0.3 is 47.5 Å². The van der Waals surface area contributed by atoms with Gasteiger partial charge in [0.15, 0.2) is 12.6 Å². The number of ketones is 2. The van der Waals surface area contributed by atoms with E-state index >= 15 is 0 Å². The first-order valence-electron chi connectivity index (χ1n) is 19.4. The maximum atomic E-state index is 10.9. The molecule has 0 atom stereocenters. The first-order chi connectivity index (χ1) is 27.4. The highest BCUT2D eigenvalue weighted by Gasteiger charge is 2.25. The second-order valence-electron chi connectivity index (χ2n) is 13.8. The Morgan fingerprint density at radius 3 is 1.29 bits per heavy atom. The molecule has 2 aliphatic heterocycles. The van der Waals surface area contributed by atoms with E-state index in [0.717, 1.165) is 49.7 Å². The molecule has 0 saturated carbocycles. The number of nitrogens with zero attached hydrogens (tertiary/aromatic N) is 2. The summed E-state index contributed by atoms with van der Waals surface area (Å²) in [5.74, 6) is 2.87. The lowest BCUT2D eigenvalue weighted by atomic mass is 10.1. The van der Waals surface area contributed by atoms with Gasteiger partial charge in [0, 0.05) is 25.0 Å². The Balaban J connectivity index is 0.000000214. The maximum absolute atomic E-state index is 10.9. The van der Waals surface area contributed by atoms with E-state index in [1.807, 2.05) is 72.8 Å². The maximum Gasteiger partial charge on any atom is 0.213 e. The molecule has 12 heteroatoms. The number of rotatable bonds is 20. The standard InChI is InChI=1S/2C22H27NO5/c2*1-17(24)7-5-6-10-22-26-15-20(16-27-22)28-21-12-11-19(13-23-21)25-14-18-8-3-2-4-9-18/h2*2-4,8-9,11-13,20,22H,5-7,10,14-16H2,1H3. The summed E-state index contributed by atoms with van der Waals surface area (Å²) in [6.07, 6.45) is 8.94. The number of hydrogen-bond acceptors (Lipinski definition) is 12. The van der Waals surface area contributed by atoms with Crippen LogP contribution in [0, 0.1) is 0 Å². The quantitative estimate of drug-likeness (QED) is 0.0810. The van der Waals surface area contributed by atoms with Crippen molar-refractivity contribution in [2.75, 3.05) is 26.4 Å². The second-order valence-corrected chi connectivity index (χ2v) is 13.8. The molecule has 56 heavy (non-hydrogen) atoms. The van der Waals surface area contributed by atoms with E-state index in [4.69, 9.17) is 37.9 Å². The van der Waals surface area contributed by atoms with Gasteiger partial charge in [-0.05, 0) is 75.6 Å². The van der Waals surface area contributed by atoms with Crippen LogP contribution >= 0.6 is 0 Å². The van der Waals surface area contributed by atoms with Crippen LogP contribution in [0.25, 0.3) is 0 Å². The fourth-order valence-electron chi connectivity index (χ4n) is 5.76. The van der Waals surface area contributed by atoms with Crippen molar-refractivity contribution in [1.29, 1.82) is 0 Å². The van der Waals surface area contributed by atoms with Crippen LogP contribution in [-0.2, 0) is 41.8 Å². The molecule has 2 aromatic carbocycles. The van der Waals surface area contributed by atoms with Crippen molar-refractivity contribution in [2.24, 2.45) is 0 Å². The highest BCUT2D eigenvalue weighted by molar-refractivity contribution is 5.75. The van der Waals surface area contributed by atoms with Gasteiger partial charge in [-0.2, -0.15) is 0 Å². The predicted molar refractivity (Wildman–Crippen MR) is 209 cm³/mol. The Morgan fingerprint density at radius 2 is 0.946 bits per heavy atom. The van der Waals surface area contributed by atoms with Gasteiger partial charge in [-0.1, -0.05) is 60.7 Å². The summed E-state index contributed by atoms with van der Waals surface area (Å²) in [6, 6.07) is 27.2. The number of benzene rings is 2. The third-order valence-corrected chi connectivity index (χ3v) is 8.80. The number of pyridine rings is 2. The van der Waals surface area contributed by atoms with Gasteiger partial charge in [0.2, 0.25) is 11.8 Å². The molecule has 2 saturated heterocycles. The summed E-state index contributed by atoms with van der Waals surface area (Å²) in [5.41, 5.74) is 2.21. The summed E-state index contributed by atoms with van der Waals surface area (Å²) >= 11 is 0. The van der Waals surface area contributed by atoms with Gasteiger partial charge in [0.25, 0.3) is 0 Å². The van der Waals surface area contributed by atoms with Crippen LogP contribution < -0.4 is 18.9 Å². The Morgan fingerprint density at radius 1 is 0.554 bits per heavy atom. The molecule has 6 rings (SSSR count). The third kappa shape index (κ3) is 16.5. The number of carbonyl (C=O) groups is 2. The first-order valence-corrected chi connectivity index (χ1v) is 19.4. The molecule has 0 spiro atoms. The Hall–Kier alpha value is -4.88. The molecule has 0 unspecified atom stereocenters. The van der Waals surface area contributed by atoms with Crippen molar-refractivity contribution in [1.82, 2.24) is 9.97 Å². The van der Waals surface area contributed by atoms with Crippen molar-refractivity contribution in [3.8, 4) is 23.3 Å². The zero-order valence-corrected chi connectivity index (χ0v) is 32.4. The highest BCUT2D eigenvalue weighted by atomic mass is 16.7. The second kappa shape index (κ2) is 23.9. The molecule has 2 aliphatic rings. The van der Waals surface area contributed by atoms with E-state index in [2.05, 4.69) is 9.97 Å². The molecular weight excluding hydrogens is 716 g/mol. The summed E-state index contributed by atoms with van der Waals surface area (Å²) in [6.45, 7) is 6.09. The van der Waals surface area contributed by atoms with Gasteiger partial charge in [0.1, 0.15) is 48.5 Å². The lowest BCUT2D eigenvalue weighted by Gasteiger charge is -2.29. The lowest BCUT2D eigenvalue weighted by Crippen LogP contribution is -2.39. The van der Waals surface area contributed by atoms with Crippen LogP contribution in [-0.4, -0.2) is 72.7 Å². The van der Waals surface area contributed by atoms with Crippen molar-refractivity contribution in [3.05, 3.63) is 108 Å². The highest BCUT2D eigenvalue weighted by Crippen LogP contribution is 2.21. The Labute approximate surface area is 329 Å². The van der Waals surface area contributed by atoms with Gasteiger partial charge in [0.05, 0.1) is 38.8 Å². The molecule has 0 radical (unpaired) electrons. The minimum atomic E-state index is -0.214. The molecule has 4 heterocycles. The largest absolute Gasteiger partial charge is 0.487 e. The predicted octanol–water partition coefficient (Wildman–Crippen LogP) is 7.86. The van der Waals surface area contributed by atoms with E-state index in [1.54, 1.807) is 38.4 Å². The fraction of sp³-hybridized carbons (Fsp3) is 0.455. The van der Waals surface area contributed by atoms with Gasteiger partial charge in [-0.15, -0.1) is 0 Å². The van der Waals surface area contributed by atoms with Gasteiger partial charge in [-0.25, -0.2) is 9.97 Å². The van der Waals surface area contributed by atoms with Gasteiger partial charge >= 0.3 is 0 Å². The average molecular weight is 771 g/mol. The van der Waals surface area contributed by atoms with Crippen LogP contribution in [0.15, 0.2) is 97.3 Å². The minimum absolute atomic E-state index is 0.183. The first kappa shape index (κ1) is 42.3. The van der Waals surface area contributed by atoms with E-state index in [1.165, 1.54) is 0 Å². The SMILES string of the molecule is CC(=O)CCCCC1OCC(Oc2ccc(OCc3ccccc3)cn2)CO1.CC(=O)CCCCC1OCC(Oc2ccc(OCc3ccccc3)cn2)CO1. The van der Waals surface area contributed by atoms with Gasteiger partial charge in [-0.3, -0.25) is 0 Å². The topological polar surface area (TPSA) is 134 Å². The average Bonchev–Trinajstić information content (AvgIpc) is 3.23. The smallest absolute Gasteiger partial charge is 0.213 e. The van der Waals surface area contributed by atoms with E-state index in [0.29, 0.717) is 75.7 Å². The zero-order valence-electron chi connectivity index (χ0n) is 32.4. The Kier molecular flexibility index (Phi) is 18.0. The molecule has 0 bridgehead atoms. The van der Waals surface area contributed by atoms with Crippen molar-refractivity contribution in [3.63, 3.8) is 0 Å². The summed E-state index contributed by atoms with van der Waals surface area (Å²) in [4.78, 5) is 30.5. The summed E-state index contributed by atoms with van der Waals surface area (Å²) in [5, 5.41) is 0. The number of ether oxygens (including phenoxy) is 8. The van der Waals surface area contributed by atoms with E-state index < -0.39 is 0 Å². The van der Waals surface area contributed by atoms with Crippen molar-refractivity contribution < 1.29 is 47.5 Å². The molecular formula is C44H54N2O10. The number of Topliss-reactive ketones (excluding diaryl/α,β-unsaturated/α-hetero) is 2. The molecule has 0 amide bonds. The number of hydrogen-bond donors (Lipinski definition) is 0. The monoisotopic (exact) mass is 770 g/mol. The molecule has 0 N–H and O–H groups in total. The van der Waals surface area contributed by atoms with Crippen molar-refractivity contribution >= 4 is 11.6 Å². The molecule has 300 valence electrons. The van der Waals surface area contributed by atoms with Crippen LogP contribution in [0.2, 0.25) is 0 Å². The lowest BCUT2D eigenvalue weighted by molar-refractivity contribution is -0.214. The van der Waals surface area contributed by atoms with E-state index in [-0.39, 0.29) is 36.4 Å². The normalized spacial score (nSPS) is 19.2. The van der Waals surface area contributed by atoms with Crippen molar-refractivity contribution in [2.45, 2.75) is 103 Å². The molecule has 4 aromatic rings. The zero-order chi connectivity index (χ0) is 39.2. The minimum Gasteiger partial charge on any atom is -0.487 e. The molecule has 2 fully saturated rings.